The number of hydrogen-bond acceptors (Lipinski definition) is 2. The number of ether oxygens (including phenoxy) is 1. The monoisotopic (exact) mass is 249 g/mol. The Morgan fingerprint density at radius 1 is 1.00 bits per heavy atom. The highest BCUT2D eigenvalue weighted by Gasteiger charge is 1.96. The van der Waals surface area contributed by atoms with Gasteiger partial charge in [0.2, 0.25) is 0 Å². The molecule has 0 aliphatic rings. The van der Waals surface area contributed by atoms with Crippen LogP contribution in [0.5, 0.6) is 5.75 Å². The van der Waals surface area contributed by atoms with Crippen LogP contribution >= 0.6 is 0 Å². The highest BCUT2D eigenvalue weighted by atomic mass is 16.5. The normalized spacial score (nSPS) is 10.3. The van der Waals surface area contributed by atoms with Crippen LogP contribution in [0.4, 0.5) is 5.69 Å². The second kappa shape index (κ2) is 9.81. The second-order valence-electron chi connectivity index (χ2n) is 4.72. The molecule has 18 heavy (non-hydrogen) atoms. The van der Waals surface area contributed by atoms with E-state index in [0.717, 1.165) is 31.0 Å². The highest BCUT2D eigenvalue weighted by Crippen LogP contribution is 2.17. The maximum Gasteiger partial charge on any atom is 0.121 e. The van der Waals surface area contributed by atoms with Gasteiger partial charge in [-0.3, -0.25) is 0 Å². The van der Waals surface area contributed by atoms with Crippen molar-refractivity contribution in [3.63, 3.8) is 0 Å². The zero-order chi connectivity index (χ0) is 13.1. The Balaban J connectivity index is 2.26. The SMILES string of the molecule is CCCCCCOc1cccc(NCCCC)c1. The molecule has 1 aromatic rings. The Labute approximate surface area is 112 Å². The van der Waals surface area contributed by atoms with Crippen molar-refractivity contribution in [2.45, 2.75) is 52.4 Å². The maximum atomic E-state index is 5.76. The van der Waals surface area contributed by atoms with Crippen molar-refractivity contribution < 1.29 is 4.74 Å². The third-order valence-electron chi connectivity index (χ3n) is 2.96. The van der Waals surface area contributed by atoms with Gasteiger partial charge >= 0.3 is 0 Å². The van der Waals surface area contributed by atoms with E-state index < -0.39 is 0 Å². The van der Waals surface area contributed by atoms with Crippen LogP contribution < -0.4 is 10.1 Å². The van der Waals surface area contributed by atoms with E-state index in [-0.39, 0.29) is 0 Å². The summed E-state index contributed by atoms with van der Waals surface area (Å²) in [5, 5.41) is 3.42. The molecule has 1 aromatic carbocycles. The lowest BCUT2D eigenvalue weighted by atomic mass is 10.2. The molecule has 0 saturated heterocycles. The third-order valence-corrected chi connectivity index (χ3v) is 2.96. The number of hydrogen-bond donors (Lipinski definition) is 1. The molecule has 0 heterocycles. The Morgan fingerprint density at radius 2 is 1.83 bits per heavy atom. The standard InChI is InChI=1S/C16H27NO/c1-3-5-7-8-13-18-16-11-9-10-15(14-16)17-12-6-4-2/h9-11,14,17H,3-8,12-13H2,1-2H3. The summed E-state index contributed by atoms with van der Waals surface area (Å²) in [6.07, 6.45) is 7.44. The van der Waals surface area contributed by atoms with E-state index in [4.69, 9.17) is 4.74 Å². The van der Waals surface area contributed by atoms with Crippen LogP contribution in [0.1, 0.15) is 52.4 Å². The molecule has 0 amide bonds. The van der Waals surface area contributed by atoms with Crippen LogP contribution in [0.25, 0.3) is 0 Å². The molecule has 0 aromatic heterocycles. The van der Waals surface area contributed by atoms with Gasteiger partial charge in [-0.2, -0.15) is 0 Å². The van der Waals surface area contributed by atoms with E-state index in [1.165, 1.54) is 32.1 Å². The van der Waals surface area contributed by atoms with Crippen LogP contribution in [0.15, 0.2) is 24.3 Å². The lowest BCUT2D eigenvalue weighted by Gasteiger charge is -2.09. The summed E-state index contributed by atoms with van der Waals surface area (Å²) in [4.78, 5) is 0. The molecule has 0 spiro atoms. The lowest BCUT2D eigenvalue weighted by Crippen LogP contribution is -2.02. The Morgan fingerprint density at radius 3 is 2.61 bits per heavy atom. The van der Waals surface area contributed by atoms with E-state index in [2.05, 4.69) is 37.4 Å². The van der Waals surface area contributed by atoms with E-state index in [1.807, 2.05) is 6.07 Å². The van der Waals surface area contributed by atoms with Crippen LogP contribution in [-0.2, 0) is 0 Å². The topological polar surface area (TPSA) is 21.3 Å². The van der Waals surface area contributed by atoms with E-state index in [1.54, 1.807) is 0 Å². The van der Waals surface area contributed by atoms with Crippen molar-refractivity contribution >= 4 is 5.69 Å². The number of benzene rings is 1. The molecule has 0 aliphatic carbocycles. The smallest absolute Gasteiger partial charge is 0.121 e. The minimum atomic E-state index is 0.832. The fraction of sp³-hybridized carbons (Fsp3) is 0.625. The van der Waals surface area contributed by atoms with Crippen LogP contribution in [0, 0.1) is 0 Å². The number of anilines is 1. The zero-order valence-corrected chi connectivity index (χ0v) is 11.9. The van der Waals surface area contributed by atoms with E-state index in [9.17, 15) is 0 Å². The lowest BCUT2D eigenvalue weighted by molar-refractivity contribution is 0.305. The summed E-state index contributed by atoms with van der Waals surface area (Å²) < 4.78 is 5.76. The summed E-state index contributed by atoms with van der Waals surface area (Å²) in [6.45, 7) is 6.30. The minimum Gasteiger partial charge on any atom is -0.494 e. The number of rotatable bonds is 10. The molecule has 0 radical (unpaired) electrons. The summed E-state index contributed by atoms with van der Waals surface area (Å²) in [5.41, 5.74) is 1.16. The minimum absolute atomic E-state index is 0.832. The second-order valence-corrected chi connectivity index (χ2v) is 4.72. The molecule has 0 aliphatic heterocycles. The first-order chi connectivity index (χ1) is 8.86. The number of nitrogens with one attached hydrogen (secondary N) is 1. The van der Waals surface area contributed by atoms with Crippen molar-refractivity contribution in [3.8, 4) is 5.75 Å². The first kappa shape index (κ1) is 14.9. The van der Waals surface area contributed by atoms with Gasteiger partial charge in [0.05, 0.1) is 6.61 Å². The molecular weight excluding hydrogens is 222 g/mol. The van der Waals surface area contributed by atoms with Gasteiger partial charge in [-0.25, -0.2) is 0 Å². The van der Waals surface area contributed by atoms with Crippen LogP contribution in [0.2, 0.25) is 0 Å². The fourth-order valence-electron chi connectivity index (χ4n) is 1.82. The Hall–Kier alpha value is -1.18. The van der Waals surface area contributed by atoms with Crippen molar-refractivity contribution in [3.05, 3.63) is 24.3 Å². The summed E-state index contributed by atoms with van der Waals surface area (Å²) in [5.74, 6) is 0.980. The summed E-state index contributed by atoms with van der Waals surface area (Å²) >= 11 is 0. The van der Waals surface area contributed by atoms with Crippen molar-refractivity contribution in [1.82, 2.24) is 0 Å². The first-order valence-electron chi connectivity index (χ1n) is 7.33. The van der Waals surface area contributed by atoms with E-state index in [0.29, 0.717) is 0 Å². The van der Waals surface area contributed by atoms with Gasteiger partial charge in [0.15, 0.2) is 0 Å². The van der Waals surface area contributed by atoms with Gasteiger partial charge in [0.25, 0.3) is 0 Å². The summed E-state index contributed by atoms with van der Waals surface area (Å²) in [6, 6.07) is 8.27. The van der Waals surface area contributed by atoms with Crippen LogP contribution in [-0.4, -0.2) is 13.2 Å². The van der Waals surface area contributed by atoms with Gasteiger partial charge < -0.3 is 10.1 Å². The van der Waals surface area contributed by atoms with Crippen LogP contribution in [0.3, 0.4) is 0 Å². The number of unbranched alkanes of at least 4 members (excludes halogenated alkanes) is 4. The van der Waals surface area contributed by atoms with Gasteiger partial charge in [0, 0.05) is 18.3 Å². The largest absolute Gasteiger partial charge is 0.494 e. The molecule has 0 atom stereocenters. The molecule has 1 rings (SSSR count). The van der Waals surface area contributed by atoms with Gasteiger partial charge in [-0.1, -0.05) is 45.6 Å². The quantitative estimate of drug-likeness (QED) is 0.598. The van der Waals surface area contributed by atoms with Crippen molar-refractivity contribution in [2.75, 3.05) is 18.5 Å². The van der Waals surface area contributed by atoms with Crippen molar-refractivity contribution in [2.24, 2.45) is 0 Å². The Bertz CT molecular complexity index is 312. The average molecular weight is 249 g/mol. The first-order valence-corrected chi connectivity index (χ1v) is 7.33. The molecule has 2 heteroatoms. The molecule has 1 N–H and O–H groups in total. The molecule has 0 bridgehead atoms. The molecule has 2 nitrogen and oxygen atoms in total. The van der Waals surface area contributed by atoms with Gasteiger partial charge in [0.1, 0.15) is 5.75 Å². The zero-order valence-electron chi connectivity index (χ0n) is 11.9. The van der Waals surface area contributed by atoms with Gasteiger partial charge in [-0.05, 0) is 25.0 Å². The molecular formula is C16H27NO. The predicted molar refractivity (Wildman–Crippen MR) is 79.5 cm³/mol. The Kier molecular flexibility index (Phi) is 8.11. The maximum absolute atomic E-state index is 5.76. The molecule has 0 unspecified atom stereocenters. The fourth-order valence-corrected chi connectivity index (χ4v) is 1.82. The molecule has 0 saturated carbocycles. The predicted octanol–water partition coefficient (Wildman–Crippen LogP) is 4.86. The van der Waals surface area contributed by atoms with Gasteiger partial charge in [-0.15, -0.1) is 0 Å². The van der Waals surface area contributed by atoms with E-state index >= 15 is 0 Å². The summed E-state index contributed by atoms with van der Waals surface area (Å²) in [7, 11) is 0. The molecule has 102 valence electrons. The third kappa shape index (κ3) is 6.53. The average Bonchev–Trinajstić information content (AvgIpc) is 2.39. The highest BCUT2D eigenvalue weighted by molar-refractivity contribution is 5.48. The van der Waals surface area contributed by atoms with Crippen molar-refractivity contribution in [1.29, 1.82) is 0 Å². The molecule has 0 fully saturated rings.